The van der Waals surface area contributed by atoms with Crippen molar-refractivity contribution < 1.29 is 9.53 Å². The average Bonchev–Trinajstić information content (AvgIpc) is 2.36. The molecule has 1 aromatic rings. The van der Waals surface area contributed by atoms with Gasteiger partial charge in [0.05, 0.1) is 6.61 Å². The summed E-state index contributed by atoms with van der Waals surface area (Å²) in [7, 11) is 0. The number of hydrogen-bond donors (Lipinski definition) is 1. The highest BCUT2D eigenvalue weighted by Crippen LogP contribution is 2.15. The minimum absolute atomic E-state index is 0.0181. The predicted molar refractivity (Wildman–Crippen MR) is 78.5 cm³/mol. The van der Waals surface area contributed by atoms with Gasteiger partial charge in [-0.2, -0.15) is 0 Å². The lowest BCUT2D eigenvalue weighted by Gasteiger charge is -2.26. The fourth-order valence-electron chi connectivity index (χ4n) is 2.21. The van der Waals surface area contributed by atoms with Gasteiger partial charge in [-0.1, -0.05) is 27.7 Å². The number of benzene rings is 1. The zero-order chi connectivity index (χ0) is 14.4. The standard InChI is InChI=1S/C16H25NO2/c1-6-19-14-9-7-13(8-10-14)16(18)17-15(11(2)3)12(4)5/h7-12,15H,6H2,1-5H3,(H,17,18). The summed E-state index contributed by atoms with van der Waals surface area (Å²) in [5.74, 6) is 1.62. The molecule has 1 N–H and O–H groups in total. The minimum Gasteiger partial charge on any atom is -0.494 e. The van der Waals surface area contributed by atoms with E-state index in [-0.39, 0.29) is 11.9 Å². The average molecular weight is 263 g/mol. The van der Waals surface area contributed by atoms with Gasteiger partial charge < -0.3 is 10.1 Å². The summed E-state index contributed by atoms with van der Waals surface area (Å²) in [5, 5.41) is 3.10. The maximum absolute atomic E-state index is 12.2. The molecule has 19 heavy (non-hydrogen) atoms. The molecular weight excluding hydrogens is 238 g/mol. The molecule has 0 aromatic heterocycles. The molecule has 1 aromatic carbocycles. The second-order valence-corrected chi connectivity index (χ2v) is 5.44. The lowest BCUT2D eigenvalue weighted by Crippen LogP contribution is -2.42. The molecule has 0 aliphatic carbocycles. The third kappa shape index (κ3) is 4.58. The Kier molecular flexibility index (Phi) is 5.87. The summed E-state index contributed by atoms with van der Waals surface area (Å²) >= 11 is 0. The van der Waals surface area contributed by atoms with Crippen LogP contribution in [0.25, 0.3) is 0 Å². The highest BCUT2D eigenvalue weighted by Gasteiger charge is 2.20. The molecule has 0 heterocycles. The zero-order valence-corrected chi connectivity index (χ0v) is 12.6. The molecule has 0 atom stereocenters. The van der Waals surface area contributed by atoms with E-state index in [9.17, 15) is 4.79 Å². The molecule has 0 saturated heterocycles. The summed E-state index contributed by atoms with van der Waals surface area (Å²) in [6.07, 6.45) is 0. The molecule has 0 saturated carbocycles. The van der Waals surface area contributed by atoms with Gasteiger partial charge >= 0.3 is 0 Å². The van der Waals surface area contributed by atoms with Crippen LogP contribution in [0.1, 0.15) is 45.0 Å². The highest BCUT2D eigenvalue weighted by molar-refractivity contribution is 5.94. The first-order chi connectivity index (χ1) is 8.95. The van der Waals surface area contributed by atoms with E-state index in [0.29, 0.717) is 24.0 Å². The van der Waals surface area contributed by atoms with Crippen LogP contribution in [0.4, 0.5) is 0 Å². The Morgan fingerprint density at radius 2 is 1.63 bits per heavy atom. The first-order valence-corrected chi connectivity index (χ1v) is 6.99. The van der Waals surface area contributed by atoms with Crippen LogP contribution in [-0.4, -0.2) is 18.6 Å². The van der Waals surface area contributed by atoms with Crippen molar-refractivity contribution in [2.45, 2.75) is 40.7 Å². The fraction of sp³-hybridized carbons (Fsp3) is 0.562. The summed E-state index contributed by atoms with van der Waals surface area (Å²) < 4.78 is 5.37. The molecule has 0 aliphatic heterocycles. The highest BCUT2D eigenvalue weighted by atomic mass is 16.5. The van der Waals surface area contributed by atoms with Crippen molar-refractivity contribution in [3.63, 3.8) is 0 Å². The smallest absolute Gasteiger partial charge is 0.251 e. The van der Waals surface area contributed by atoms with Gasteiger partial charge in [-0.25, -0.2) is 0 Å². The van der Waals surface area contributed by atoms with Gasteiger partial charge in [0.1, 0.15) is 5.75 Å². The molecule has 0 spiro atoms. The third-order valence-electron chi connectivity index (χ3n) is 3.16. The Bertz CT molecular complexity index is 388. The second-order valence-electron chi connectivity index (χ2n) is 5.44. The lowest BCUT2D eigenvalue weighted by atomic mass is 9.93. The van der Waals surface area contributed by atoms with E-state index in [2.05, 4.69) is 33.0 Å². The number of nitrogens with one attached hydrogen (secondary N) is 1. The molecule has 0 fully saturated rings. The van der Waals surface area contributed by atoms with E-state index in [0.717, 1.165) is 5.75 Å². The minimum atomic E-state index is -0.0181. The molecule has 1 rings (SSSR count). The van der Waals surface area contributed by atoms with E-state index < -0.39 is 0 Å². The van der Waals surface area contributed by atoms with Gasteiger partial charge in [-0.3, -0.25) is 4.79 Å². The van der Waals surface area contributed by atoms with Gasteiger partial charge in [0.25, 0.3) is 5.91 Å². The number of carbonyl (C=O) groups is 1. The SMILES string of the molecule is CCOc1ccc(C(=O)NC(C(C)C)C(C)C)cc1. The van der Waals surface area contributed by atoms with Crippen LogP contribution in [0.2, 0.25) is 0 Å². The van der Waals surface area contributed by atoms with E-state index in [1.165, 1.54) is 0 Å². The maximum Gasteiger partial charge on any atom is 0.251 e. The summed E-state index contributed by atoms with van der Waals surface area (Å²) in [6.45, 7) is 11.1. The Balaban J connectivity index is 2.71. The van der Waals surface area contributed by atoms with Gasteiger partial charge in [0.2, 0.25) is 0 Å². The summed E-state index contributed by atoms with van der Waals surface area (Å²) in [5.41, 5.74) is 0.676. The quantitative estimate of drug-likeness (QED) is 0.853. The largest absolute Gasteiger partial charge is 0.494 e. The Labute approximate surface area is 116 Å². The van der Waals surface area contributed by atoms with E-state index in [1.807, 2.05) is 19.1 Å². The zero-order valence-electron chi connectivity index (χ0n) is 12.6. The molecule has 0 radical (unpaired) electrons. The van der Waals surface area contributed by atoms with Crippen molar-refractivity contribution in [2.24, 2.45) is 11.8 Å². The summed E-state index contributed by atoms with van der Waals surface area (Å²) in [6, 6.07) is 7.46. The van der Waals surface area contributed by atoms with Crippen molar-refractivity contribution >= 4 is 5.91 Å². The molecule has 0 unspecified atom stereocenters. The van der Waals surface area contributed by atoms with Gasteiger partial charge in [0, 0.05) is 11.6 Å². The monoisotopic (exact) mass is 263 g/mol. The Hall–Kier alpha value is -1.51. The molecule has 3 heteroatoms. The van der Waals surface area contributed by atoms with Crippen LogP contribution in [0.15, 0.2) is 24.3 Å². The number of ether oxygens (including phenoxy) is 1. The molecule has 0 bridgehead atoms. The number of carbonyl (C=O) groups excluding carboxylic acids is 1. The van der Waals surface area contributed by atoms with Crippen LogP contribution < -0.4 is 10.1 Å². The molecule has 106 valence electrons. The Morgan fingerprint density at radius 3 is 2.05 bits per heavy atom. The molecular formula is C16H25NO2. The third-order valence-corrected chi connectivity index (χ3v) is 3.16. The van der Waals surface area contributed by atoms with Gasteiger partial charge in [-0.05, 0) is 43.0 Å². The molecule has 1 amide bonds. The van der Waals surface area contributed by atoms with Crippen LogP contribution in [0.3, 0.4) is 0 Å². The Morgan fingerprint density at radius 1 is 1.11 bits per heavy atom. The van der Waals surface area contributed by atoms with Gasteiger partial charge in [-0.15, -0.1) is 0 Å². The van der Waals surface area contributed by atoms with Crippen LogP contribution in [0, 0.1) is 11.8 Å². The molecule has 0 aliphatic rings. The van der Waals surface area contributed by atoms with Crippen LogP contribution in [0.5, 0.6) is 5.75 Å². The van der Waals surface area contributed by atoms with Crippen molar-refractivity contribution in [1.82, 2.24) is 5.32 Å². The topological polar surface area (TPSA) is 38.3 Å². The molecule has 3 nitrogen and oxygen atoms in total. The maximum atomic E-state index is 12.2. The lowest BCUT2D eigenvalue weighted by molar-refractivity contribution is 0.0910. The normalized spacial score (nSPS) is 11.2. The van der Waals surface area contributed by atoms with Crippen molar-refractivity contribution in [1.29, 1.82) is 0 Å². The van der Waals surface area contributed by atoms with Crippen molar-refractivity contribution in [3.8, 4) is 5.75 Å². The van der Waals surface area contributed by atoms with E-state index in [1.54, 1.807) is 12.1 Å². The number of rotatable bonds is 6. The van der Waals surface area contributed by atoms with E-state index >= 15 is 0 Å². The van der Waals surface area contributed by atoms with Gasteiger partial charge in [0.15, 0.2) is 0 Å². The van der Waals surface area contributed by atoms with Crippen molar-refractivity contribution in [3.05, 3.63) is 29.8 Å². The van der Waals surface area contributed by atoms with Crippen molar-refractivity contribution in [2.75, 3.05) is 6.61 Å². The first kappa shape index (κ1) is 15.5. The number of amides is 1. The number of hydrogen-bond acceptors (Lipinski definition) is 2. The van der Waals surface area contributed by atoms with Crippen LogP contribution in [-0.2, 0) is 0 Å². The van der Waals surface area contributed by atoms with E-state index in [4.69, 9.17) is 4.74 Å². The first-order valence-electron chi connectivity index (χ1n) is 6.99. The van der Waals surface area contributed by atoms with Crippen LogP contribution >= 0.6 is 0 Å². The second kappa shape index (κ2) is 7.17. The fourth-order valence-corrected chi connectivity index (χ4v) is 2.21. The summed E-state index contributed by atoms with van der Waals surface area (Å²) in [4.78, 5) is 12.2. The predicted octanol–water partition coefficient (Wildman–Crippen LogP) is 3.50.